The third kappa shape index (κ3) is 9.84. The molecule has 1 unspecified atom stereocenters. The molecule has 1 aliphatic carbocycles. The summed E-state index contributed by atoms with van der Waals surface area (Å²) in [5.74, 6) is -0.806. The van der Waals surface area contributed by atoms with Gasteiger partial charge in [-0.05, 0) is 65.8 Å². The number of sulfonamides is 1. The number of carbonyl (C=O) groups is 1. The molecule has 3 aliphatic heterocycles. The number of nitro groups is 1. The van der Waals surface area contributed by atoms with Crippen molar-refractivity contribution in [3.05, 3.63) is 136 Å². The molecule has 21 heteroatoms. The highest BCUT2D eigenvalue weighted by molar-refractivity contribution is 7.90. The molecule has 7 aromatic rings. The number of imidazole rings is 1. The Labute approximate surface area is 432 Å². The minimum Gasteiger partial charge on any atom is -0.497 e. The van der Waals surface area contributed by atoms with E-state index < -0.39 is 48.5 Å². The molecule has 4 aliphatic rings. The molecule has 6 heterocycles. The third-order valence-electron chi connectivity index (χ3n) is 15.5. The van der Waals surface area contributed by atoms with Gasteiger partial charge in [0.15, 0.2) is 0 Å². The van der Waals surface area contributed by atoms with Crippen LogP contribution in [0.25, 0.3) is 22.1 Å². The second-order valence-corrected chi connectivity index (χ2v) is 22.4. The Morgan fingerprint density at radius 3 is 2.52 bits per heavy atom. The number of alkyl halides is 1. The molecule has 0 radical (unpaired) electrons. The Balaban J connectivity index is 0.835. The Morgan fingerprint density at radius 2 is 1.77 bits per heavy atom. The molecule has 75 heavy (non-hydrogen) atoms. The van der Waals surface area contributed by atoms with Crippen LogP contribution in [0.15, 0.2) is 102 Å². The number of halogens is 2. The van der Waals surface area contributed by atoms with Crippen LogP contribution in [0.5, 0.6) is 17.2 Å². The van der Waals surface area contributed by atoms with E-state index in [2.05, 4.69) is 85.3 Å². The summed E-state index contributed by atoms with van der Waals surface area (Å²) < 4.78 is 79.6. The highest BCUT2D eigenvalue weighted by atomic mass is 32.2. The van der Waals surface area contributed by atoms with Gasteiger partial charge in [-0.15, -0.1) is 0 Å². The van der Waals surface area contributed by atoms with E-state index in [4.69, 9.17) is 14.2 Å². The number of pyridine rings is 1. The number of amides is 1. The standard InChI is InChI=1S/C54H58F2N10O8S/c1-33(2)39-6-4-5-7-40(39)45-28-63(27-34-8-10-37(72-3)11-9-34)16-17-65(45)36-24-53(25-36)30-64(31-53)43-22-46(74-38-20-35-12-15-57-51(35)58-26-38)41(21-42(43)55)52(67)62-75(70,71)47-23-44(66(68)69)48(50-49(47)60-32-61-50)59-29-54(56)13-18-73-19-14-54/h4-12,15,20-23,26,32-33,36,45,59H,13-14,16-19,24-25,27-31H2,1-3H3,(H,57,58)(H,60,61)(H,62,67). The van der Waals surface area contributed by atoms with Gasteiger partial charge < -0.3 is 34.4 Å². The van der Waals surface area contributed by atoms with Gasteiger partial charge in [-0.2, -0.15) is 0 Å². The van der Waals surface area contributed by atoms with Gasteiger partial charge in [0.05, 0.1) is 41.3 Å². The van der Waals surface area contributed by atoms with Crippen molar-refractivity contribution >= 4 is 55.1 Å². The molecule has 4 fully saturated rings. The lowest BCUT2D eigenvalue weighted by Crippen LogP contribution is -2.68. The Morgan fingerprint density at radius 1 is 1.00 bits per heavy atom. The summed E-state index contributed by atoms with van der Waals surface area (Å²) in [5.41, 5.74) is 1.21. The van der Waals surface area contributed by atoms with Crippen molar-refractivity contribution in [2.75, 3.05) is 69.8 Å². The average molecular weight is 1050 g/mol. The Bertz CT molecular complexity index is 3410. The molecular formula is C54H58F2N10O8S. The first-order chi connectivity index (χ1) is 36.1. The number of hydrogen-bond acceptors (Lipinski definition) is 14. The summed E-state index contributed by atoms with van der Waals surface area (Å²) >= 11 is 0. The van der Waals surface area contributed by atoms with E-state index in [-0.39, 0.29) is 78.0 Å². The van der Waals surface area contributed by atoms with Gasteiger partial charge in [-0.3, -0.25) is 24.7 Å². The summed E-state index contributed by atoms with van der Waals surface area (Å²) in [7, 11) is -3.29. The predicted octanol–water partition coefficient (Wildman–Crippen LogP) is 8.99. The summed E-state index contributed by atoms with van der Waals surface area (Å²) in [6.07, 6.45) is 6.24. The fourth-order valence-electron chi connectivity index (χ4n) is 11.5. The Hall–Kier alpha value is -7.20. The van der Waals surface area contributed by atoms with Gasteiger partial charge in [0.2, 0.25) is 0 Å². The molecule has 4 aromatic carbocycles. The van der Waals surface area contributed by atoms with Crippen LogP contribution >= 0.6 is 0 Å². The zero-order valence-corrected chi connectivity index (χ0v) is 42.6. The number of benzene rings is 4. The molecule has 1 atom stereocenters. The maximum absolute atomic E-state index is 16.6. The van der Waals surface area contributed by atoms with E-state index in [0.29, 0.717) is 36.1 Å². The smallest absolute Gasteiger partial charge is 0.296 e. The minimum atomic E-state index is -4.96. The van der Waals surface area contributed by atoms with Crippen molar-refractivity contribution in [2.45, 2.75) is 74.6 Å². The first-order valence-electron chi connectivity index (χ1n) is 25.2. The van der Waals surface area contributed by atoms with Crippen molar-refractivity contribution < 1.29 is 41.1 Å². The van der Waals surface area contributed by atoms with Crippen molar-refractivity contribution in [3.63, 3.8) is 0 Å². The number of nitro benzene ring substituents is 1. The molecule has 1 amide bonds. The zero-order chi connectivity index (χ0) is 52.2. The first kappa shape index (κ1) is 50.0. The van der Waals surface area contributed by atoms with Crippen LogP contribution in [-0.4, -0.2) is 120 Å². The lowest BCUT2D eigenvalue weighted by Gasteiger charge is -2.63. The number of methoxy groups -OCH3 is 1. The lowest BCUT2D eigenvalue weighted by atomic mass is 9.59. The quantitative estimate of drug-likeness (QED) is 0.0526. The number of nitrogens with zero attached hydrogens (tertiary/aromatic N) is 6. The lowest BCUT2D eigenvalue weighted by molar-refractivity contribution is -0.384. The number of hydrogen-bond donors (Lipinski definition) is 4. The van der Waals surface area contributed by atoms with Gasteiger partial charge in [0.1, 0.15) is 50.5 Å². The van der Waals surface area contributed by atoms with Crippen molar-refractivity contribution in [2.24, 2.45) is 5.41 Å². The van der Waals surface area contributed by atoms with Crippen LogP contribution in [-0.2, 0) is 21.3 Å². The van der Waals surface area contributed by atoms with Gasteiger partial charge in [0, 0.05) is 113 Å². The fourth-order valence-corrected chi connectivity index (χ4v) is 12.7. The summed E-state index contributed by atoms with van der Waals surface area (Å²) in [6.45, 7) is 9.17. The molecule has 392 valence electrons. The van der Waals surface area contributed by atoms with E-state index in [0.717, 1.165) is 63.2 Å². The SMILES string of the molecule is COc1ccc(CN2CCN(C3CC4(C3)CN(c3cc(Oc5cnc6[nH]ccc6c5)c(C(=O)NS(=O)(=O)c5cc([N+](=O)[O-])c(NCC6(F)CCOCC6)c6[nH]cnc56)cc3F)C4)C(c3ccccc3C(C)C)C2)cc1. The van der Waals surface area contributed by atoms with Gasteiger partial charge in [-0.25, -0.2) is 31.9 Å². The molecule has 3 aromatic heterocycles. The number of carbonyl (C=O) groups excluding carboxylic acids is 1. The highest BCUT2D eigenvalue weighted by Crippen LogP contribution is 2.54. The third-order valence-corrected chi connectivity index (χ3v) is 16.8. The maximum Gasteiger partial charge on any atom is 0.296 e. The number of nitrogens with one attached hydrogen (secondary N) is 4. The predicted molar refractivity (Wildman–Crippen MR) is 278 cm³/mol. The van der Waals surface area contributed by atoms with Crippen LogP contribution in [0.4, 0.5) is 25.8 Å². The van der Waals surface area contributed by atoms with E-state index in [1.165, 1.54) is 29.0 Å². The second kappa shape index (κ2) is 19.8. The van der Waals surface area contributed by atoms with Crippen LogP contribution < -0.4 is 24.4 Å². The van der Waals surface area contributed by atoms with Crippen molar-refractivity contribution in [1.29, 1.82) is 0 Å². The number of H-pyrrole nitrogens is 2. The molecule has 1 saturated carbocycles. The molecule has 0 bridgehead atoms. The van der Waals surface area contributed by atoms with E-state index >= 15 is 8.78 Å². The summed E-state index contributed by atoms with van der Waals surface area (Å²) in [5, 5.41) is 16.0. The zero-order valence-electron chi connectivity index (χ0n) is 41.8. The fraction of sp³-hybridized carbons (Fsp3) is 0.389. The summed E-state index contributed by atoms with van der Waals surface area (Å²) in [6, 6.07) is 24.1. The van der Waals surface area contributed by atoms with Crippen LogP contribution in [0.1, 0.15) is 78.5 Å². The van der Waals surface area contributed by atoms with Gasteiger partial charge in [-0.1, -0.05) is 50.2 Å². The van der Waals surface area contributed by atoms with Crippen LogP contribution in [0.2, 0.25) is 0 Å². The molecule has 1 spiro atoms. The molecule has 18 nitrogen and oxygen atoms in total. The molecule has 3 saturated heterocycles. The molecule has 11 rings (SSSR count). The minimum absolute atomic E-state index is 0.0583. The largest absolute Gasteiger partial charge is 0.497 e. The number of rotatable bonds is 16. The number of aromatic nitrogens is 4. The number of ether oxygens (including phenoxy) is 3. The molecule has 4 N–H and O–H groups in total. The highest BCUT2D eigenvalue weighted by Gasteiger charge is 2.55. The maximum atomic E-state index is 16.6. The van der Waals surface area contributed by atoms with E-state index in [1.807, 2.05) is 21.8 Å². The van der Waals surface area contributed by atoms with Crippen LogP contribution in [0.3, 0.4) is 0 Å². The average Bonchev–Trinajstić information content (AvgIpc) is 4.09. The van der Waals surface area contributed by atoms with Gasteiger partial charge in [0.25, 0.3) is 21.6 Å². The number of aromatic amines is 2. The number of piperazine rings is 1. The topological polar surface area (TPSA) is 213 Å². The summed E-state index contributed by atoms with van der Waals surface area (Å²) in [4.78, 5) is 46.6. The van der Waals surface area contributed by atoms with Crippen molar-refractivity contribution in [3.8, 4) is 17.2 Å². The normalized spacial score (nSPS) is 19.0. The van der Waals surface area contributed by atoms with Crippen LogP contribution in [0, 0.1) is 21.3 Å². The molecular weight excluding hydrogens is 987 g/mol. The second-order valence-electron chi connectivity index (χ2n) is 20.7. The van der Waals surface area contributed by atoms with E-state index in [1.54, 1.807) is 25.4 Å². The number of anilines is 2. The Kier molecular flexibility index (Phi) is 13.2. The van der Waals surface area contributed by atoms with Crippen molar-refractivity contribution in [1.82, 2.24) is 34.5 Å². The number of fused-ring (bicyclic) bond motifs is 2. The first-order valence-corrected chi connectivity index (χ1v) is 26.7. The van der Waals surface area contributed by atoms with E-state index in [9.17, 15) is 23.3 Å². The monoisotopic (exact) mass is 1040 g/mol. The van der Waals surface area contributed by atoms with Gasteiger partial charge >= 0.3 is 0 Å².